The van der Waals surface area contributed by atoms with E-state index in [2.05, 4.69) is 34.9 Å². The Morgan fingerprint density at radius 1 is 1.14 bits per heavy atom. The van der Waals surface area contributed by atoms with Crippen LogP contribution >= 0.6 is 6.72 Å². The molecule has 1 unspecified atom stereocenters. The van der Waals surface area contributed by atoms with Crippen molar-refractivity contribution in [2.24, 2.45) is 0 Å². The van der Waals surface area contributed by atoms with E-state index >= 15 is 0 Å². The molecule has 0 bridgehead atoms. The van der Waals surface area contributed by atoms with Gasteiger partial charge in [0.2, 0.25) is 0 Å². The fraction of sp³-hybridized carbons (Fsp3) is 0.786. The van der Waals surface area contributed by atoms with E-state index in [9.17, 15) is 9.69 Å². The van der Waals surface area contributed by atoms with Crippen LogP contribution in [0.2, 0.25) is 0 Å². The molecular weight excluding hydrogens is 311 g/mol. The fourth-order valence-electron chi connectivity index (χ4n) is 1.73. The second-order valence-corrected chi connectivity index (χ2v) is 7.54. The number of unbranched alkanes of at least 4 members (excludes halogenated alkanes) is 8. The Hall–Kier alpha value is -0.260. The zero-order valence-electron chi connectivity index (χ0n) is 12.8. The molecule has 0 aliphatic rings. The Morgan fingerprint density at radius 2 is 1.67 bits per heavy atom. The minimum Gasteiger partial charge on any atom is -0.322 e. The van der Waals surface area contributed by atoms with E-state index < -0.39 is 12.7 Å². The van der Waals surface area contributed by atoms with Crippen LogP contribution in [-0.4, -0.2) is 17.5 Å². The quantitative estimate of drug-likeness (QED) is 0.166. The summed E-state index contributed by atoms with van der Waals surface area (Å²) in [5, 5.41) is 0. The Balaban J connectivity index is 3.42. The first-order chi connectivity index (χ1) is 10.0. The first-order valence-electron chi connectivity index (χ1n) is 7.52. The average Bonchev–Trinajstić information content (AvgIpc) is 2.46. The van der Waals surface area contributed by atoms with Crippen LogP contribution in [0.1, 0.15) is 64.7 Å². The van der Waals surface area contributed by atoms with Crippen LogP contribution < -0.4 is 0 Å². The summed E-state index contributed by atoms with van der Waals surface area (Å²) in [4.78, 5) is 24.5. The van der Waals surface area contributed by atoms with Gasteiger partial charge in [-0.05, 0) is 18.2 Å². The Labute approximate surface area is 132 Å². The van der Waals surface area contributed by atoms with Crippen LogP contribution in [0.4, 0.5) is 0 Å². The van der Waals surface area contributed by atoms with E-state index in [1.165, 1.54) is 38.5 Å². The zero-order chi connectivity index (χ0) is 16.0. The number of rotatable bonds is 14. The molecule has 0 amide bonds. The molecule has 0 rings (SSSR count). The molecule has 1 N–H and O–H groups in total. The van der Waals surface area contributed by atoms with E-state index in [1.807, 2.05) is 0 Å². The Bertz CT molecular complexity index is 335. The molecular formula is C14H27O5PS. The SMILES string of the molecule is C=CC(=O)OOP(O)(=S)OCCCCCCCCCCC. The normalized spacial score (nSPS) is 13.6. The van der Waals surface area contributed by atoms with E-state index in [0.29, 0.717) is 6.61 Å². The molecule has 0 spiro atoms. The third-order valence-corrected chi connectivity index (χ3v) is 4.15. The van der Waals surface area contributed by atoms with Crippen molar-refractivity contribution in [2.45, 2.75) is 64.7 Å². The van der Waals surface area contributed by atoms with Gasteiger partial charge in [0, 0.05) is 6.08 Å². The molecule has 0 heterocycles. The molecule has 0 radical (unpaired) electrons. The maximum Gasteiger partial charge on any atom is 0.365 e. The zero-order valence-corrected chi connectivity index (χ0v) is 14.5. The molecule has 0 saturated carbocycles. The highest BCUT2D eigenvalue weighted by atomic mass is 32.5. The molecule has 0 fully saturated rings. The maximum atomic E-state index is 10.7. The molecule has 7 heteroatoms. The van der Waals surface area contributed by atoms with Gasteiger partial charge in [0.15, 0.2) is 0 Å². The molecule has 5 nitrogen and oxygen atoms in total. The molecule has 0 aliphatic heterocycles. The van der Waals surface area contributed by atoms with E-state index in [0.717, 1.165) is 25.3 Å². The number of carbonyl (C=O) groups is 1. The van der Waals surface area contributed by atoms with E-state index in [1.54, 1.807) is 0 Å². The summed E-state index contributed by atoms with van der Waals surface area (Å²) >= 11 is 4.68. The van der Waals surface area contributed by atoms with Crippen LogP contribution in [-0.2, 0) is 30.7 Å². The lowest BCUT2D eigenvalue weighted by atomic mass is 10.1. The summed E-state index contributed by atoms with van der Waals surface area (Å²) in [5.41, 5.74) is 0. The van der Waals surface area contributed by atoms with Gasteiger partial charge in [-0.15, -0.1) is 0 Å². The molecule has 0 saturated heterocycles. The standard InChI is InChI=1S/C14H27O5PS/c1-3-5-6-7-8-9-10-11-12-13-17-20(16,21)19-18-14(15)4-2/h4H,2-3,5-13H2,1H3,(H,16,21). The highest BCUT2D eigenvalue weighted by molar-refractivity contribution is 8.07. The van der Waals surface area contributed by atoms with Crippen molar-refractivity contribution in [3.63, 3.8) is 0 Å². The third-order valence-electron chi connectivity index (χ3n) is 2.88. The highest BCUT2D eigenvalue weighted by Gasteiger charge is 2.18. The summed E-state index contributed by atoms with van der Waals surface area (Å²) in [5.74, 6) is -0.815. The minimum absolute atomic E-state index is 0.301. The van der Waals surface area contributed by atoms with Crippen molar-refractivity contribution in [3.05, 3.63) is 12.7 Å². The van der Waals surface area contributed by atoms with Gasteiger partial charge >= 0.3 is 12.7 Å². The molecule has 0 aromatic rings. The monoisotopic (exact) mass is 338 g/mol. The second-order valence-electron chi connectivity index (χ2n) is 4.81. The van der Waals surface area contributed by atoms with Gasteiger partial charge in [-0.3, -0.25) is 4.89 Å². The summed E-state index contributed by atoms with van der Waals surface area (Å²) in [7, 11) is 0. The molecule has 21 heavy (non-hydrogen) atoms. The van der Waals surface area contributed by atoms with Crippen molar-refractivity contribution in [1.82, 2.24) is 0 Å². The van der Waals surface area contributed by atoms with Crippen LogP contribution in [0.3, 0.4) is 0 Å². The number of hydrogen-bond donors (Lipinski definition) is 1. The van der Waals surface area contributed by atoms with Gasteiger partial charge in [0.05, 0.1) is 6.61 Å². The van der Waals surface area contributed by atoms with Gasteiger partial charge in [0.1, 0.15) is 0 Å². The van der Waals surface area contributed by atoms with Crippen molar-refractivity contribution < 1.29 is 23.8 Å². The lowest BCUT2D eigenvalue weighted by Gasteiger charge is -2.13. The van der Waals surface area contributed by atoms with Crippen LogP contribution in [0.15, 0.2) is 12.7 Å². The van der Waals surface area contributed by atoms with Gasteiger partial charge in [-0.1, -0.05) is 69.5 Å². The molecule has 0 aliphatic carbocycles. The van der Waals surface area contributed by atoms with E-state index in [-0.39, 0.29) is 0 Å². The summed E-state index contributed by atoms with van der Waals surface area (Å²) in [6.07, 6.45) is 11.6. The first-order valence-corrected chi connectivity index (χ1v) is 10.1. The summed E-state index contributed by atoms with van der Waals surface area (Å²) in [6.45, 7) is 2.21. The minimum atomic E-state index is -3.49. The maximum absolute atomic E-state index is 10.7. The van der Waals surface area contributed by atoms with Gasteiger partial charge in [-0.25, -0.2) is 4.79 Å². The number of carbonyl (C=O) groups excluding carboxylic acids is 1. The predicted molar refractivity (Wildman–Crippen MR) is 87.1 cm³/mol. The number of hydrogen-bond acceptors (Lipinski definition) is 5. The fourth-order valence-corrected chi connectivity index (χ4v) is 2.62. The summed E-state index contributed by atoms with van der Waals surface area (Å²) in [6, 6.07) is 0. The van der Waals surface area contributed by atoms with Gasteiger partial charge in [-0.2, -0.15) is 0 Å². The van der Waals surface area contributed by atoms with Crippen molar-refractivity contribution >= 4 is 24.5 Å². The van der Waals surface area contributed by atoms with Crippen molar-refractivity contribution in [1.29, 1.82) is 0 Å². The molecule has 0 aromatic carbocycles. The van der Waals surface area contributed by atoms with Gasteiger partial charge < -0.3 is 9.42 Å². The topological polar surface area (TPSA) is 65.0 Å². The van der Waals surface area contributed by atoms with Crippen LogP contribution in [0, 0.1) is 0 Å². The first kappa shape index (κ1) is 20.7. The van der Waals surface area contributed by atoms with Crippen molar-refractivity contribution in [2.75, 3.05) is 6.61 Å². The third kappa shape index (κ3) is 14.4. The van der Waals surface area contributed by atoms with E-state index in [4.69, 9.17) is 4.52 Å². The van der Waals surface area contributed by atoms with Gasteiger partial charge in [0.25, 0.3) is 0 Å². The molecule has 0 aromatic heterocycles. The lowest BCUT2D eigenvalue weighted by Crippen LogP contribution is -2.02. The second kappa shape index (κ2) is 13.4. The average molecular weight is 338 g/mol. The molecule has 1 atom stereocenters. The summed E-state index contributed by atoms with van der Waals surface area (Å²) < 4.78 is 9.44. The lowest BCUT2D eigenvalue weighted by molar-refractivity contribution is -0.212. The highest BCUT2D eigenvalue weighted by Crippen LogP contribution is 2.44. The Morgan fingerprint density at radius 3 is 2.19 bits per heavy atom. The smallest absolute Gasteiger partial charge is 0.322 e. The van der Waals surface area contributed by atoms with Crippen LogP contribution in [0.25, 0.3) is 0 Å². The predicted octanol–water partition coefficient (Wildman–Crippen LogP) is 4.41. The van der Waals surface area contributed by atoms with Crippen molar-refractivity contribution in [3.8, 4) is 0 Å². The van der Waals surface area contributed by atoms with Crippen LogP contribution in [0.5, 0.6) is 0 Å². The molecule has 124 valence electrons. The largest absolute Gasteiger partial charge is 0.365 e. The Kier molecular flexibility index (Phi) is 13.2.